The minimum atomic E-state index is -0.770. The van der Waals surface area contributed by atoms with Gasteiger partial charge in [0.05, 0.1) is 0 Å². The zero-order valence-corrected chi connectivity index (χ0v) is 21.3. The SMILES string of the molecule is CC(C)(C)OC(=O)N1CCN(c2ccc(C(=O)Nc3c(C(N)=O)oc4ccc(Br)cc34)cc2)CC1. The van der Waals surface area contributed by atoms with Gasteiger partial charge in [0.1, 0.15) is 16.9 Å². The Labute approximate surface area is 211 Å². The van der Waals surface area contributed by atoms with Crippen LogP contribution in [0.4, 0.5) is 16.2 Å². The van der Waals surface area contributed by atoms with E-state index >= 15 is 0 Å². The number of hydrogen-bond acceptors (Lipinski definition) is 6. The normalized spacial score (nSPS) is 14.2. The Morgan fingerprint density at radius 2 is 1.69 bits per heavy atom. The predicted molar refractivity (Wildman–Crippen MR) is 137 cm³/mol. The van der Waals surface area contributed by atoms with Crippen molar-refractivity contribution in [1.82, 2.24) is 4.90 Å². The molecule has 0 aliphatic carbocycles. The number of nitrogens with zero attached hydrogens (tertiary/aromatic N) is 2. The molecule has 0 atom stereocenters. The van der Waals surface area contributed by atoms with E-state index in [0.717, 1.165) is 10.2 Å². The molecule has 0 saturated carbocycles. The van der Waals surface area contributed by atoms with E-state index in [2.05, 4.69) is 26.1 Å². The van der Waals surface area contributed by atoms with Crippen LogP contribution >= 0.6 is 15.9 Å². The largest absolute Gasteiger partial charge is 0.449 e. The summed E-state index contributed by atoms with van der Waals surface area (Å²) in [6.07, 6.45) is -0.307. The fraction of sp³-hybridized carbons (Fsp3) is 0.320. The summed E-state index contributed by atoms with van der Waals surface area (Å²) in [6.45, 7) is 7.96. The van der Waals surface area contributed by atoms with Crippen molar-refractivity contribution >= 4 is 56.2 Å². The molecule has 1 fully saturated rings. The van der Waals surface area contributed by atoms with E-state index in [-0.39, 0.29) is 17.5 Å². The minimum absolute atomic E-state index is 0.106. The van der Waals surface area contributed by atoms with Crippen molar-refractivity contribution in [2.45, 2.75) is 26.4 Å². The summed E-state index contributed by atoms with van der Waals surface area (Å²) in [4.78, 5) is 40.9. The number of hydrogen-bond donors (Lipinski definition) is 2. The van der Waals surface area contributed by atoms with Crippen molar-refractivity contribution in [1.29, 1.82) is 0 Å². The van der Waals surface area contributed by atoms with E-state index in [4.69, 9.17) is 14.9 Å². The van der Waals surface area contributed by atoms with Gasteiger partial charge >= 0.3 is 6.09 Å². The van der Waals surface area contributed by atoms with Gasteiger partial charge < -0.3 is 30.0 Å². The van der Waals surface area contributed by atoms with Crippen molar-refractivity contribution < 1.29 is 23.5 Å². The van der Waals surface area contributed by atoms with Gasteiger partial charge in [-0.1, -0.05) is 15.9 Å². The molecule has 4 rings (SSSR count). The molecule has 1 aliphatic rings. The molecule has 184 valence electrons. The van der Waals surface area contributed by atoms with Gasteiger partial charge in [0.2, 0.25) is 5.76 Å². The maximum absolute atomic E-state index is 12.9. The molecule has 3 amide bonds. The number of carbonyl (C=O) groups excluding carboxylic acids is 3. The molecule has 2 heterocycles. The molecule has 35 heavy (non-hydrogen) atoms. The fourth-order valence-corrected chi connectivity index (χ4v) is 4.21. The van der Waals surface area contributed by atoms with Gasteiger partial charge in [-0.15, -0.1) is 0 Å². The van der Waals surface area contributed by atoms with Crippen LogP contribution in [0.15, 0.2) is 51.4 Å². The van der Waals surface area contributed by atoms with Gasteiger partial charge in [-0.2, -0.15) is 0 Å². The summed E-state index contributed by atoms with van der Waals surface area (Å²) in [7, 11) is 0. The molecule has 9 nitrogen and oxygen atoms in total. The molecule has 1 aliphatic heterocycles. The molecular weight excluding hydrogens is 516 g/mol. The minimum Gasteiger partial charge on any atom is -0.449 e. The van der Waals surface area contributed by atoms with Gasteiger partial charge in [0, 0.05) is 47.3 Å². The van der Waals surface area contributed by atoms with Gasteiger partial charge in [-0.25, -0.2) is 4.79 Å². The van der Waals surface area contributed by atoms with Crippen molar-refractivity contribution in [3.8, 4) is 0 Å². The molecule has 1 aromatic heterocycles. The van der Waals surface area contributed by atoms with Crippen LogP contribution in [-0.4, -0.2) is 54.6 Å². The molecule has 1 saturated heterocycles. The molecule has 0 radical (unpaired) electrons. The highest BCUT2D eigenvalue weighted by Gasteiger charge is 2.26. The topological polar surface area (TPSA) is 118 Å². The van der Waals surface area contributed by atoms with Gasteiger partial charge in [0.15, 0.2) is 0 Å². The van der Waals surface area contributed by atoms with Crippen LogP contribution in [0.25, 0.3) is 11.0 Å². The summed E-state index contributed by atoms with van der Waals surface area (Å²) in [5, 5.41) is 3.34. The average molecular weight is 543 g/mol. The Morgan fingerprint density at radius 3 is 2.29 bits per heavy atom. The van der Waals surface area contributed by atoms with Crippen LogP contribution in [0, 0.1) is 0 Å². The Balaban J connectivity index is 1.43. The number of furan rings is 1. The second-order valence-electron chi connectivity index (χ2n) is 9.27. The highest BCUT2D eigenvalue weighted by Crippen LogP contribution is 2.33. The lowest BCUT2D eigenvalue weighted by Gasteiger charge is -2.36. The number of primary amides is 1. The summed E-state index contributed by atoms with van der Waals surface area (Å²) < 4.78 is 11.8. The third kappa shape index (κ3) is 5.59. The first-order valence-corrected chi connectivity index (χ1v) is 12.0. The Bertz CT molecular complexity index is 1270. The van der Waals surface area contributed by atoms with Crippen molar-refractivity contribution in [2.24, 2.45) is 5.73 Å². The second-order valence-corrected chi connectivity index (χ2v) is 10.2. The highest BCUT2D eigenvalue weighted by molar-refractivity contribution is 9.10. The van der Waals surface area contributed by atoms with E-state index in [1.807, 2.05) is 32.9 Å². The standard InChI is InChI=1S/C25H27BrN4O5/c1-25(2,3)35-24(33)30-12-10-29(11-13-30)17-7-4-15(5-8-17)23(32)28-20-18-14-16(26)6-9-19(18)34-21(20)22(27)31/h4-9,14H,10-13H2,1-3H3,(H2,27,31)(H,28,32). The second kappa shape index (κ2) is 9.61. The third-order valence-corrected chi connectivity index (χ3v) is 6.03. The molecule has 10 heteroatoms. The van der Waals surface area contributed by atoms with Gasteiger partial charge in [-0.3, -0.25) is 9.59 Å². The third-order valence-electron chi connectivity index (χ3n) is 5.54. The number of amides is 3. The molecule has 0 bridgehead atoms. The number of nitrogens with one attached hydrogen (secondary N) is 1. The summed E-state index contributed by atoms with van der Waals surface area (Å²) >= 11 is 3.39. The van der Waals surface area contributed by atoms with Gasteiger partial charge in [-0.05, 0) is 63.2 Å². The lowest BCUT2D eigenvalue weighted by atomic mass is 10.1. The first-order chi connectivity index (χ1) is 16.5. The molecule has 0 spiro atoms. The Morgan fingerprint density at radius 1 is 1.03 bits per heavy atom. The van der Waals surface area contributed by atoms with Crippen LogP contribution in [0.1, 0.15) is 41.7 Å². The smallest absolute Gasteiger partial charge is 0.410 e. The Kier molecular flexibility index (Phi) is 6.75. The number of fused-ring (bicyclic) bond motifs is 1. The average Bonchev–Trinajstić information content (AvgIpc) is 3.16. The molecule has 3 aromatic rings. The van der Waals surface area contributed by atoms with Crippen LogP contribution in [-0.2, 0) is 4.74 Å². The van der Waals surface area contributed by atoms with E-state index in [9.17, 15) is 14.4 Å². The molecule has 2 aromatic carbocycles. The first kappa shape index (κ1) is 24.6. The maximum Gasteiger partial charge on any atom is 0.410 e. The number of ether oxygens (including phenoxy) is 1. The summed E-state index contributed by atoms with van der Waals surface area (Å²) in [5.41, 5.74) is 6.98. The number of rotatable bonds is 4. The van der Waals surface area contributed by atoms with Crippen LogP contribution in [0.5, 0.6) is 0 Å². The van der Waals surface area contributed by atoms with E-state index in [0.29, 0.717) is 42.7 Å². The number of halogens is 1. The first-order valence-electron chi connectivity index (χ1n) is 11.2. The molecule has 3 N–H and O–H groups in total. The number of carbonyl (C=O) groups is 3. The molecule has 0 unspecified atom stereocenters. The summed E-state index contributed by atoms with van der Waals surface area (Å²) in [5.74, 6) is -1.27. The zero-order chi connectivity index (χ0) is 25.3. The van der Waals surface area contributed by atoms with Crippen LogP contribution < -0.4 is 16.0 Å². The van der Waals surface area contributed by atoms with E-state index in [1.54, 1.807) is 35.2 Å². The van der Waals surface area contributed by atoms with Crippen molar-refractivity contribution in [3.63, 3.8) is 0 Å². The maximum atomic E-state index is 12.9. The molecular formula is C25H27BrN4O5. The quantitative estimate of drug-likeness (QED) is 0.497. The summed E-state index contributed by atoms with van der Waals surface area (Å²) in [6, 6.07) is 12.4. The van der Waals surface area contributed by atoms with Crippen molar-refractivity contribution in [3.05, 3.63) is 58.3 Å². The lowest BCUT2D eigenvalue weighted by molar-refractivity contribution is 0.0240. The zero-order valence-electron chi connectivity index (χ0n) is 19.8. The fourth-order valence-electron chi connectivity index (χ4n) is 3.85. The van der Waals surface area contributed by atoms with E-state index < -0.39 is 17.4 Å². The van der Waals surface area contributed by atoms with Crippen LogP contribution in [0.2, 0.25) is 0 Å². The lowest BCUT2D eigenvalue weighted by Crippen LogP contribution is -2.50. The van der Waals surface area contributed by atoms with Gasteiger partial charge in [0.25, 0.3) is 11.8 Å². The number of piperazine rings is 1. The predicted octanol–water partition coefficient (Wildman–Crippen LogP) is 4.60. The Hall–Kier alpha value is -3.53. The number of nitrogens with two attached hydrogens (primary N) is 1. The van der Waals surface area contributed by atoms with Crippen LogP contribution in [0.3, 0.4) is 0 Å². The monoisotopic (exact) mass is 542 g/mol. The number of anilines is 2. The van der Waals surface area contributed by atoms with E-state index in [1.165, 1.54) is 0 Å². The number of benzene rings is 2. The highest BCUT2D eigenvalue weighted by atomic mass is 79.9. The van der Waals surface area contributed by atoms with Crippen molar-refractivity contribution in [2.75, 3.05) is 36.4 Å².